The number of hydrogen-bond acceptors (Lipinski definition) is 3. The Kier molecular flexibility index (Phi) is 1.64. The van der Waals surface area contributed by atoms with E-state index in [0.717, 1.165) is 21.8 Å². The molecule has 4 rings (SSSR count). The van der Waals surface area contributed by atoms with Crippen LogP contribution in [0.2, 0.25) is 0 Å². The van der Waals surface area contributed by atoms with Crippen molar-refractivity contribution in [1.29, 1.82) is 0 Å². The molecule has 2 aromatic heterocycles. The minimum atomic E-state index is 0.265. The second-order valence-corrected chi connectivity index (χ2v) is 4.17. The van der Waals surface area contributed by atoms with Crippen LogP contribution in [0, 0.1) is 0 Å². The second-order valence-electron chi connectivity index (χ2n) is 4.17. The van der Waals surface area contributed by atoms with Crippen LogP contribution in [0.15, 0.2) is 48.5 Å². The molecule has 2 aromatic carbocycles. The summed E-state index contributed by atoms with van der Waals surface area (Å²) in [5, 5.41) is 10.7. The Morgan fingerprint density at radius 2 is 1.67 bits per heavy atom. The molecule has 2 heterocycles. The molecule has 5 heteroatoms. The van der Waals surface area contributed by atoms with Crippen molar-refractivity contribution in [3.05, 3.63) is 48.5 Å². The Balaban J connectivity index is 2.45. The quantitative estimate of drug-likeness (QED) is 0.368. The number of aromatic nitrogens is 4. The maximum absolute atomic E-state index is 5.71. The van der Waals surface area contributed by atoms with E-state index in [4.69, 9.17) is 5.73 Å². The third-order valence-electron chi connectivity index (χ3n) is 3.10. The van der Waals surface area contributed by atoms with Crippen LogP contribution in [0.5, 0.6) is 0 Å². The van der Waals surface area contributed by atoms with Gasteiger partial charge in [-0.25, -0.2) is 0 Å². The number of nitrogen functional groups attached to an aromatic ring is 1. The summed E-state index contributed by atoms with van der Waals surface area (Å²) in [5.74, 6) is 0.265. The number of fused-ring (bicyclic) bond motifs is 6. The highest BCUT2D eigenvalue weighted by atomic mass is 15.6. The van der Waals surface area contributed by atoms with Crippen LogP contribution in [0.3, 0.4) is 0 Å². The van der Waals surface area contributed by atoms with Crippen LogP contribution >= 0.6 is 0 Å². The molecule has 4 aromatic rings. The van der Waals surface area contributed by atoms with Crippen LogP contribution in [-0.4, -0.2) is 14.8 Å². The van der Waals surface area contributed by atoms with E-state index in [0.29, 0.717) is 0 Å². The fourth-order valence-corrected chi connectivity index (χ4v) is 2.36. The van der Waals surface area contributed by atoms with Gasteiger partial charge in [-0.05, 0) is 22.8 Å². The van der Waals surface area contributed by atoms with E-state index in [9.17, 15) is 0 Å². The lowest BCUT2D eigenvalue weighted by Crippen LogP contribution is -2.33. The van der Waals surface area contributed by atoms with E-state index in [1.54, 1.807) is 9.26 Å². The molecule has 0 radical (unpaired) electrons. The number of hydrogen-bond donors (Lipinski definition) is 1. The monoisotopic (exact) mass is 236 g/mol. The molecule has 18 heavy (non-hydrogen) atoms. The predicted molar refractivity (Wildman–Crippen MR) is 68.1 cm³/mol. The summed E-state index contributed by atoms with van der Waals surface area (Å²) in [6, 6.07) is 16.2. The lowest BCUT2D eigenvalue weighted by Gasteiger charge is -2.00. The number of rotatable bonds is 0. The van der Waals surface area contributed by atoms with Crippen molar-refractivity contribution in [3.8, 4) is 0 Å². The zero-order chi connectivity index (χ0) is 12.1. The van der Waals surface area contributed by atoms with Gasteiger partial charge in [0.15, 0.2) is 5.52 Å². The highest BCUT2D eigenvalue weighted by Crippen LogP contribution is 2.21. The normalized spacial score (nSPS) is 11.6. The van der Waals surface area contributed by atoms with Crippen molar-refractivity contribution in [3.63, 3.8) is 0 Å². The lowest BCUT2D eigenvalue weighted by atomic mass is 10.1. The van der Waals surface area contributed by atoms with Gasteiger partial charge in [0.25, 0.3) is 0 Å². The average Bonchev–Trinajstić information content (AvgIpc) is 2.81. The zero-order valence-electron chi connectivity index (χ0n) is 9.49. The summed E-state index contributed by atoms with van der Waals surface area (Å²) < 4.78 is 3.46. The molecule has 0 unspecified atom stereocenters. The number of nitrogens with two attached hydrogens (primary N) is 1. The van der Waals surface area contributed by atoms with E-state index >= 15 is 0 Å². The fraction of sp³-hybridized carbons (Fsp3) is 0. The standard InChI is InChI=1S/C13H10N5/c14-13-15-17-11-7-3-1-5-9(11)10-6-2-4-8-12(10)18(17)16-13/h1-8H,(H2,14,15,16)/q+1. The van der Waals surface area contributed by atoms with Gasteiger partial charge in [-0.2, -0.15) is 0 Å². The van der Waals surface area contributed by atoms with Crippen molar-refractivity contribution in [2.24, 2.45) is 0 Å². The smallest absolute Gasteiger partial charge is 0.342 e. The van der Waals surface area contributed by atoms with Crippen molar-refractivity contribution in [2.45, 2.75) is 0 Å². The van der Waals surface area contributed by atoms with Crippen LogP contribution in [-0.2, 0) is 0 Å². The summed E-state index contributed by atoms with van der Waals surface area (Å²) in [4.78, 5) is 0. The molecule has 0 aliphatic rings. The maximum Gasteiger partial charge on any atom is 0.399 e. The molecule has 0 bridgehead atoms. The Labute approximate surface area is 102 Å². The van der Waals surface area contributed by atoms with Crippen molar-refractivity contribution < 1.29 is 4.63 Å². The summed E-state index contributed by atoms with van der Waals surface area (Å²) >= 11 is 0. The highest BCUT2D eigenvalue weighted by molar-refractivity contribution is 6.02. The molecule has 2 N–H and O–H groups in total. The SMILES string of the molecule is Nc1nn2c3ccccc3c3ccccc3[n+]2n1. The van der Waals surface area contributed by atoms with Gasteiger partial charge < -0.3 is 5.73 Å². The van der Waals surface area contributed by atoms with E-state index < -0.39 is 0 Å². The Hall–Kier alpha value is -2.69. The van der Waals surface area contributed by atoms with Gasteiger partial charge in [0.1, 0.15) is 5.52 Å². The molecule has 0 atom stereocenters. The van der Waals surface area contributed by atoms with Crippen LogP contribution in [0.4, 0.5) is 5.95 Å². The van der Waals surface area contributed by atoms with Crippen molar-refractivity contribution >= 4 is 27.8 Å². The molecule has 86 valence electrons. The minimum Gasteiger partial charge on any atom is -0.342 e. The Morgan fingerprint density at radius 1 is 0.944 bits per heavy atom. The molecular formula is C13H10N5+. The topological polar surface area (TPSA) is 60.3 Å². The summed E-state index contributed by atoms with van der Waals surface area (Å²) in [5.41, 5.74) is 7.68. The molecule has 0 spiro atoms. The predicted octanol–water partition coefficient (Wildman–Crippen LogP) is 1.20. The largest absolute Gasteiger partial charge is 0.399 e. The highest BCUT2D eigenvalue weighted by Gasteiger charge is 2.17. The first kappa shape index (κ1) is 9.35. The van der Waals surface area contributed by atoms with Crippen LogP contribution in [0.25, 0.3) is 21.8 Å². The zero-order valence-corrected chi connectivity index (χ0v) is 9.49. The van der Waals surface area contributed by atoms with Crippen molar-refractivity contribution in [1.82, 2.24) is 14.8 Å². The van der Waals surface area contributed by atoms with E-state index in [2.05, 4.69) is 22.3 Å². The first-order valence-corrected chi connectivity index (χ1v) is 5.69. The molecule has 0 amide bonds. The molecule has 0 fully saturated rings. The minimum absolute atomic E-state index is 0.265. The fourth-order valence-electron chi connectivity index (χ4n) is 2.36. The Morgan fingerprint density at radius 3 is 2.56 bits per heavy atom. The summed E-state index contributed by atoms with van der Waals surface area (Å²) in [7, 11) is 0. The molecule has 0 saturated heterocycles. The van der Waals surface area contributed by atoms with Crippen molar-refractivity contribution in [2.75, 3.05) is 5.73 Å². The third-order valence-corrected chi connectivity index (χ3v) is 3.10. The second kappa shape index (κ2) is 3.16. The number of tetrazole rings is 1. The average molecular weight is 236 g/mol. The third kappa shape index (κ3) is 1.08. The summed E-state index contributed by atoms with van der Waals surface area (Å²) in [6.45, 7) is 0. The Bertz CT molecular complexity index is 821. The van der Waals surface area contributed by atoms with Gasteiger partial charge in [-0.15, -0.1) is 0 Å². The van der Waals surface area contributed by atoms with Gasteiger partial charge in [0.05, 0.1) is 5.10 Å². The molecule has 0 aliphatic carbocycles. The lowest BCUT2D eigenvalue weighted by molar-refractivity contribution is -0.651. The van der Waals surface area contributed by atoms with Gasteiger partial charge in [0, 0.05) is 20.5 Å². The number of nitrogens with zero attached hydrogens (tertiary/aromatic N) is 4. The van der Waals surface area contributed by atoms with Gasteiger partial charge in [-0.1, -0.05) is 30.3 Å². The maximum atomic E-state index is 5.71. The van der Waals surface area contributed by atoms with Gasteiger partial charge in [0.2, 0.25) is 0 Å². The molecular weight excluding hydrogens is 226 g/mol. The van der Waals surface area contributed by atoms with Crippen LogP contribution in [0.1, 0.15) is 0 Å². The number of para-hydroxylation sites is 2. The number of benzene rings is 2. The first-order valence-electron chi connectivity index (χ1n) is 5.69. The number of anilines is 1. The van der Waals surface area contributed by atoms with E-state index in [1.165, 1.54) is 0 Å². The molecule has 5 nitrogen and oxygen atoms in total. The first-order chi connectivity index (χ1) is 8.84. The van der Waals surface area contributed by atoms with E-state index in [1.807, 2.05) is 36.4 Å². The molecule has 0 aliphatic heterocycles. The van der Waals surface area contributed by atoms with E-state index in [-0.39, 0.29) is 5.95 Å². The molecule has 0 saturated carbocycles. The van der Waals surface area contributed by atoms with Gasteiger partial charge in [-0.3, -0.25) is 0 Å². The van der Waals surface area contributed by atoms with Crippen LogP contribution < -0.4 is 10.4 Å². The summed E-state index contributed by atoms with van der Waals surface area (Å²) in [6.07, 6.45) is 0. The van der Waals surface area contributed by atoms with Gasteiger partial charge >= 0.3 is 5.95 Å².